The zero-order valence-electron chi connectivity index (χ0n) is 17.7. The first-order chi connectivity index (χ1) is 15.1. The standard InChI is InChI=1S/C23H27N5O2S/c1-2-28-15-19(14-24-28)25-22(29)18-10-12-27(13-11-18)23(30)20-16-31-21(26-20)9-8-17-6-4-3-5-7-17/h3-7,14-16,18H,2,8-13H2,1H3,(H,25,29). The van der Waals surface area contributed by atoms with Crippen molar-refractivity contribution in [2.45, 2.75) is 39.2 Å². The summed E-state index contributed by atoms with van der Waals surface area (Å²) in [4.78, 5) is 31.8. The summed E-state index contributed by atoms with van der Waals surface area (Å²) < 4.78 is 1.78. The van der Waals surface area contributed by atoms with Crippen molar-refractivity contribution < 1.29 is 9.59 Å². The number of hydrogen-bond donors (Lipinski definition) is 1. The highest BCUT2D eigenvalue weighted by molar-refractivity contribution is 7.09. The van der Waals surface area contributed by atoms with Crippen LogP contribution in [0.15, 0.2) is 48.1 Å². The molecular formula is C23H27N5O2S. The summed E-state index contributed by atoms with van der Waals surface area (Å²) in [5, 5.41) is 9.95. The fourth-order valence-electron chi connectivity index (χ4n) is 3.77. The predicted molar refractivity (Wildman–Crippen MR) is 121 cm³/mol. The van der Waals surface area contributed by atoms with Gasteiger partial charge >= 0.3 is 0 Å². The third kappa shape index (κ3) is 5.38. The topological polar surface area (TPSA) is 80.1 Å². The Bertz CT molecular complexity index is 1020. The summed E-state index contributed by atoms with van der Waals surface area (Å²) in [5.74, 6) is -0.129. The molecule has 0 aliphatic carbocycles. The summed E-state index contributed by atoms with van der Waals surface area (Å²) in [5.41, 5.74) is 2.51. The van der Waals surface area contributed by atoms with Crippen LogP contribution in [0.1, 0.15) is 40.8 Å². The zero-order chi connectivity index (χ0) is 21.6. The Morgan fingerprint density at radius 1 is 1.16 bits per heavy atom. The molecule has 1 aliphatic heterocycles. The molecule has 162 valence electrons. The van der Waals surface area contributed by atoms with Gasteiger partial charge in [0, 0.05) is 43.5 Å². The van der Waals surface area contributed by atoms with E-state index >= 15 is 0 Å². The maximum atomic E-state index is 12.8. The lowest BCUT2D eigenvalue weighted by Crippen LogP contribution is -2.41. The Morgan fingerprint density at radius 2 is 1.94 bits per heavy atom. The highest BCUT2D eigenvalue weighted by Crippen LogP contribution is 2.22. The molecule has 7 nitrogen and oxygen atoms in total. The largest absolute Gasteiger partial charge is 0.337 e. The number of thiazole rings is 1. The molecule has 0 unspecified atom stereocenters. The molecule has 0 spiro atoms. The Balaban J connectivity index is 1.26. The van der Waals surface area contributed by atoms with Gasteiger partial charge in [-0.1, -0.05) is 30.3 Å². The average molecular weight is 438 g/mol. The van der Waals surface area contributed by atoms with E-state index in [2.05, 4.69) is 27.5 Å². The van der Waals surface area contributed by atoms with E-state index in [0.717, 1.165) is 30.1 Å². The molecule has 1 N–H and O–H groups in total. The van der Waals surface area contributed by atoms with E-state index in [1.54, 1.807) is 22.2 Å². The molecule has 1 saturated heterocycles. The molecule has 1 aliphatic rings. The number of anilines is 1. The first kappa shape index (κ1) is 21.2. The van der Waals surface area contributed by atoms with Crippen LogP contribution in [0.3, 0.4) is 0 Å². The van der Waals surface area contributed by atoms with Crippen LogP contribution in [0.25, 0.3) is 0 Å². The Morgan fingerprint density at radius 3 is 2.65 bits per heavy atom. The third-order valence-corrected chi connectivity index (χ3v) is 6.53. The van der Waals surface area contributed by atoms with Crippen molar-refractivity contribution in [2.24, 2.45) is 5.92 Å². The van der Waals surface area contributed by atoms with Crippen molar-refractivity contribution in [3.05, 3.63) is 64.4 Å². The van der Waals surface area contributed by atoms with E-state index in [1.807, 2.05) is 41.6 Å². The molecule has 1 fully saturated rings. The highest BCUT2D eigenvalue weighted by atomic mass is 32.1. The third-order valence-electron chi connectivity index (χ3n) is 5.62. The number of piperidine rings is 1. The van der Waals surface area contributed by atoms with Gasteiger partial charge in [0.05, 0.1) is 16.9 Å². The van der Waals surface area contributed by atoms with Crippen LogP contribution in [-0.2, 0) is 24.2 Å². The van der Waals surface area contributed by atoms with Gasteiger partial charge in [-0.3, -0.25) is 14.3 Å². The van der Waals surface area contributed by atoms with Crippen molar-refractivity contribution in [1.29, 1.82) is 0 Å². The highest BCUT2D eigenvalue weighted by Gasteiger charge is 2.29. The van der Waals surface area contributed by atoms with Crippen molar-refractivity contribution >= 4 is 28.8 Å². The maximum absolute atomic E-state index is 12.8. The van der Waals surface area contributed by atoms with Gasteiger partial charge in [0.15, 0.2) is 0 Å². The summed E-state index contributed by atoms with van der Waals surface area (Å²) in [7, 11) is 0. The number of hydrogen-bond acceptors (Lipinski definition) is 5. The minimum atomic E-state index is -0.0918. The number of aryl methyl sites for hydroxylation is 3. The molecule has 0 saturated carbocycles. The van der Waals surface area contributed by atoms with E-state index in [9.17, 15) is 9.59 Å². The van der Waals surface area contributed by atoms with Gasteiger partial charge in [-0.25, -0.2) is 4.98 Å². The molecule has 0 radical (unpaired) electrons. The van der Waals surface area contributed by atoms with E-state index in [0.29, 0.717) is 31.6 Å². The fourth-order valence-corrected chi connectivity index (χ4v) is 4.54. The van der Waals surface area contributed by atoms with E-state index in [-0.39, 0.29) is 17.7 Å². The monoisotopic (exact) mass is 437 g/mol. The normalized spacial score (nSPS) is 14.5. The van der Waals surface area contributed by atoms with Gasteiger partial charge in [-0.15, -0.1) is 11.3 Å². The summed E-state index contributed by atoms with van der Waals surface area (Å²) >= 11 is 1.54. The number of carbonyl (C=O) groups is 2. The number of nitrogens with zero attached hydrogens (tertiary/aromatic N) is 4. The average Bonchev–Trinajstić information content (AvgIpc) is 3.47. The first-order valence-corrected chi connectivity index (χ1v) is 11.6. The second-order valence-corrected chi connectivity index (χ2v) is 8.70. The van der Waals surface area contributed by atoms with Gasteiger partial charge in [0.25, 0.3) is 5.91 Å². The van der Waals surface area contributed by atoms with Gasteiger partial charge in [0.1, 0.15) is 5.69 Å². The first-order valence-electron chi connectivity index (χ1n) is 10.7. The number of nitrogens with one attached hydrogen (secondary N) is 1. The molecule has 31 heavy (non-hydrogen) atoms. The van der Waals surface area contributed by atoms with Gasteiger partial charge in [-0.05, 0) is 31.7 Å². The number of carbonyl (C=O) groups excluding carboxylic acids is 2. The van der Waals surface area contributed by atoms with Crippen molar-refractivity contribution in [2.75, 3.05) is 18.4 Å². The van der Waals surface area contributed by atoms with Gasteiger partial charge < -0.3 is 10.2 Å². The molecule has 4 rings (SSSR count). The second kappa shape index (κ2) is 9.87. The maximum Gasteiger partial charge on any atom is 0.273 e. The number of rotatable bonds is 7. The summed E-state index contributed by atoms with van der Waals surface area (Å²) in [6.45, 7) is 3.91. The van der Waals surface area contributed by atoms with Crippen LogP contribution in [0.4, 0.5) is 5.69 Å². The van der Waals surface area contributed by atoms with Crippen molar-refractivity contribution in [3.63, 3.8) is 0 Å². The van der Waals surface area contributed by atoms with E-state index < -0.39 is 0 Å². The summed E-state index contributed by atoms with van der Waals surface area (Å²) in [6, 6.07) is 10.3. The lowest BCUT2D eigenvalue weighted by molar-refractivity contribution is -0.121. The number of benzene rings is 1. The lowest BCUT2D eigenvalue weighted by Gasteiger charge is -2.30. The minimum absolute atomic E-state index is 0.000362. The SMILES string of the molecule is CCn1cc(NC(=O)C2CCN(C(=O)c3csc(CCc4ccccc4)n3)CC2)cn1. The molecule has 2 aromatic heterocycles. The predicted octanol–water partition coefficient (Wildman–Crippen LogP) is 3.64. The molecular weight excluding hydrogens is 410 g/mol. The molecule has 3 aromatic rings. The quantitative estimate of drug-likeness (QED) is 0.612. The van der Waals surface area contributed by atoms with Crippen LogP contribution in [-0.4, -0.2) is 44.6 Å². The van der Waals surface area contributed by atoms with Gasteiger partial charge in [-0.2, -0.15) is 5.10 Å². The number of likely N-dealkylation sites (tertiary alicyclic amines) is 1. The molecule has 0 atom stereocenters. The Hall–Kier alpha value is -3.00. The number of aromatic nitrogens is 3. The molecule has 3 heterocycles. The van der Waals surface area contributed by atoms with Crippen LogP contribution in [0, 0.1) is 5.92 Å². The van der Waals surface area contributed by atoms with Crippen molar-refractivity contribution in [1.82, 2.24) is 19.7 Å². The van der Waals surface area contributed by atoms with E-state index in [4.69, 9.17) is 0 Å². The Kier molecular flexibility index (Phi) is 6.76. The Labute approximate surface area is 186 Å². The van der Waals surface area contributed by atoms with Crippen molar-refractivity contribution in [3.8, 4) is 0 Å². The van der Waals surface area contributed by atoms with Crippen LogP contribution < -0.4 is 5.32 Å². The minimum Gasteiger partial charge on any atom is -0.337 e. The summed E-state index contributed by atoms with van der Waals surface area (Å²) in [6.07, 6.45) is 6.55. The lowest BCUT2D eigenvalue weighted by atomic mass is 9.95. The van der Waals surface area contributed by atoms with Crippen LogP contribution in [0.2, 0.25) is 0 Å². The number of amides is 2. The van der Waals surface area contributed by atoms with Crippen LogP contribution >= 0.6 is 11.3 Å². The molecule has 0 bridgehead atoms. The molecule has 2 amide bonds. The fraction of sp³-hybridized carbons (Fsp3) is 0.391. The van der Waals surface area contributed by atoms with Crippen LogP contribution in [0.5, 0.6) is 0 Å². The van der Waals surface area contributed by atoms with Gasteiger partial charge in [0.2, 0.25) is 5.91 Å². The smallest absolute Gasteiger partial charge is 0.273 e. The van der Waals surface area contributed by atoms with E-state index in [1.165, 1.54) is 5.56 Å². The zero-order valence-corrected chi connectivity index (χ0v) is 18.5. The second-order valence-electron chi connectivity index (χ2n) is 7.75. The molecule has 8 heteroatoms. The molecule has 1 aromatic carbocycles.